The highest BCUT2D eigenvalue weighted by Gasteiger charge is 2.63. The molecule has 39 heavy (non-hydrogen) atoms. The van der Waals surface area contributed by atoms with Crippen LogP contribution in [0.2, 0.25) is 0 Å². The lowest BCUT2D eigenvalue weighted by Gasteiger charge is -2.50. The summed E-state index contributed by atoms with van der Waals surface area (Å²) in [6.45, 7) is 1.88. The number of ketones is 2. The Bertz CT molecular complexity index is 1340. The van der Waals surface area contributed by atoms with Crippen LogP contribution < -0.4 is 10.2 Å². The molecular weight excluding hydrogens is 502 g/mol. The standard InChI is InChI=1S/C29H37N3O7/c1-28(10-6-7-11-28)30-27(38)21-24(35)22(32(4)5)16-13-14-12-15-17(31(2)3)8-9-18(33)20(15)23(34)19(14)25(36)29(16,39)26(21)37/h8-9,14,16,22,33,35-36,39H,6-7,10-13H2,1-5H3,(H,30,38)/t14-,16-,22-,29-/m0/s1. The second-order valence-corrected chi connectivity index (χ2v) is 12.2. The number of amides is 1. The zero-order chi connectivity index (χ0) is 28.6. The third kappa shape index (κ3) is 3.87. The lowest BCUT2D eigenvalue weighted by atomic mass is 9.58. The Morgan fingerprint density at radius 3 is 2.28 bits per heavy atom. The topological polar surface area (TPSA) is 151 Å². The summed E-state index contributed by atoms with van der Waals surface area (Å²) in [5.74, 6) is -5.72. The van der Waals surface area contributed by atoms with Gasteiger partial charge in [-0.3, -0.25) is 19.3 Å². The minimum atomic E-state index is -2.60. The van der Waals surface area contributed by atoms with E-state index in [4.69, 9.17) is 0 Å². The molecule has 1 fully saturated rings. The van der Waals surface area contributed by atoms with Gasteiger partial charge in [0.25, 0.3) is 5.91 Å². The number of fused-ring (bicyclic) bond motifs is 3. The van der Waals surface area contributed by atoms with Gasteiger partial charge in [0.1, 0.15) is 22.8 Å². The number of allylic oxidation sites excluding steroid dienone is 1. The van der Waals surface area contributed by atoms with Crippen LogP contribution >= 0.6 is 0 Å². The maximum atomic E-state index is 13.9. The molecule has 4 aliphatic rings. The third-order valence-electron chi connectivity index (χ3n) is 9.17. The van der Waals surface area contributed by atoms with E-state index in [9.17, 15) is 34.8 Å². The molecular formula is C29H37N3O7. The first-order chi connectivity index (χ1) is 18.2. The van der Waals surface area contributed by atoms with Gasteiger partial charge in [0.2, 0.25) is 5.78 Å². The number of rotatable bonds is 4. The van der Waals surface area contributed by atoms with E-state index in [2.05, 4.69) is 5.32 Å². The predicted octanol–water partition coefficient (Wildman–Crippen LogP) is 2.15. The van der Waals surface area contributed by atoms with E-state index < -0.39 is 63.6 Å². The SMILES string of the molecule is CN(C)c1ccc(O)c2c1C[C@H]1C[C@H]3[C@H](N(C)C)C(O)=C(C(=O)NC4(C)CCCC4)C(=O)[C@@]3(O)C(O)=C1C2=O. The normalized spacial score (nSPS) is 29.8. The van der Waals surface area contributed by atoms with Gasteiger partial charge >= 0.3 is 0 Å². The van der Waals surface area contributed by atoms with Crippen molar-refractivity contribution in [1.29, 1.82) is 0 Å². The number of carbonyl (C=O) groups is 3. The van der Waals surface area contributed by atoms with E-state index >= 15 is 0 Å². The van der Waals surface area contributed by atoms with Gasteiger partial charge in [-0.05, 0) is 70.3 Å². The van der Waals surface area contributed by atoms with Gasteiger partial charge in [-0.1, -0.05) is 12.8 Å². The average Bonchev–Trinajstić information content (AvgIpc) is 3.26. The minimum absolute atomic E-state index is 0.0268. The molecule has 0 aliphatic heterocycles. The fourth-order valence-corrected chi connectivity index (χ4v) is 7.25. The summed E-state index contributed by atoms with van der Waals surface area (Å²) < 4.78 is 0. The Labute approximate surface area is 227 Å². The highest BCUT2D eigenvalue weighted by molar-refractivity contribution is 6.25. The summed E-state index contributed by atoms with van der Waals surface area (Å²) in [4.78, 5) is 44.6. The summed E-state index contributed by atoms with van der Waals surface area (Å²) in [6, 6.07) is 2.15. The van der Waals surface area contributed by atoms with Gasteiger partial charge in [-0.2, -0.15) is 0 Å². The molecule has 210 valence electrons. The van der Waals surface area contributed by atoms with Gasteiger partial charge in [-0.15, -0.1) is 0 Å². The van der Waals surface area contributed by atoms with Crippen molar-refractivity contribution in [2.75, 3.05) is 33.1 Å². The molecule has 0 radical (unpaired) electrons. The first kappa shape index (κ1) is 27.2. The average molecular weight is 540 g/mol. The number of Topliss-reactive ketones (excluding diaryl/α,β-unsaturated/α-hetero) is 2. The summed E-state index contributed by atoms with van der Waals surface area (Å²) in [5, 5.41) is 48.4. The van der Waals surface area contributed by atoms with Crippen molar-refractivity contribution in [3.8, 4) is 5.75 Å². The van der Waals surface area contributed by atoms with Crippen molar-refractivity contribution in [3.05, 3.63) is 45.9 Å². The first-order valence-corrected chi connectivity index (χ1v) is 13.4. The summed E-state index contributed by atoms with van der Waals surface area (Å²) in [6.07, 6.45) is 3.64. The van der Waals surface area contributed by atoms with Crippen molar-refractivity contribution >= 4 is 23.2 Å². The number of anilines is 1. The molecule has 1 aromatic carbocycles. The zero-order valence-corrected chi connectivity index (χ0v) is 23.0. The van der Waals surface area contributed by atoms with E-state index in [0.717, 1.165) is 18.5 Å². The van der Waals surface area contributed by atoms with Crippen LogP contribution in [0.5, 0.6) is 5.75 Å². The van der Waals surface area contributed by atoms with E-state index in [1.165, 1.54) is 6.07 Å². The molecule has 0 bridgehead atoms. The van der Waals surface area contributed by atoms with E-state index in [1.807, 2.05) is 25.9 Å². The number of carbonyl (C=O) groups excluding carboxylic acids is 3. The minimum Gasteiger partial charge on any atom is -0.510 e. The molecule has 0 unspecified atom stereocenters. The Morgan fingerprint density at radius 1 is 1.05 bits per heavy atom. The Kier molecular flexibility index (Phi) is 6.34. The molecule has 0 aromatic heterocycles. The number of hydrogen-bond donors (Lipinski definition) is 5. The summed E-state index contributed by atoms with van der Waals surface area (Å²) in [7, 11) is 6.96. The predicted molar refractivity (Wildman–Crippen MR) is 144 cm³/mol. The van der Waals surface area contributed by atoms with Crippen molar-refractivity contribution in [2.45, 2.75) is 62.6 Å². The molecule has 0 heterocycles. The molecule has 0 saturated heterocycles. The van der Waals surface area contributed by atoms with Gasteiger partial charge in [-0.25, -0.2) is 0 Å². The largest absolute Gasteiger partial charge is 0.510 e. The number of nitrogens with one attached hydrogen (secondary N) is 1. The van der Waals surface area contributed by atoms with Crippen molar-refractivity contribution in [3.63, 3.8) is 0 Å². The number of phenols is 1. The van der Waals surface area contributed by atoms with Gasteiger partial charge in [0.15, 0.2) is 11.4 Å². The molecule has 4 aliphatic carbocycles. The molecule has 1 amide bonds. The van der Waals surface area contributed by atoms with Crippen LogP contribution in [0.4, 0.5) is 5.69 Å². The lowest BCUT2D eigenvalue weighted by Crippen LogP contribution is -2.64. The van der Waals surface area contributed by atoms with Crippen LogP contribution in [0.25, 0.3) is 0 Å². The zero-order valence-electron chi connectivity index (χ0n) is 23.0. The van der Waals surface area contributed by atoms with Crippen LogP contribution in [-0.2, 0) is 16.0 Å². The Morgan fingerprint density at radius 2 is 1.69 bits per heavy atom. The molecule has 5 rings (SSSR count). The summed E-state index contributed by atoms with van der Waals surface area (Å²) >= 11 is 0. The van der Waals surface area contributed by atoms with Crippen molar-refractivity contribution in [1.82, 2.24) is 10.2 Å². The number of hydrogen-bond acceptors (Lipinski definition) is 9. The fourth-order valence-electron chi connectivity index (χ4n) is 7.25. The third-order valence-corrected chi connectivity index (χ3v) is 9.17. The highest BCUT2D eigenvalue weighted by atomic mass is 16.3. The molecule has 0 spiro atoms. The molecule has 4 atom stereocenters. The number of nitrogens with zero attached hydrogens (tertiary/aromatic N) is 2. The van der Waals surface area contributed by atoms with Crippen LogP contribution in [0, 0.1) is 11.8 Å². The number of phenolic OH excluding ortho intramolecular Hbond substituents is 1. The van der Waals surface area contributed by atoms with Gasteiger partial charge in [0.05, 0.1) is 11.6 Å². The number of likely N-dealkylation sites (N-methyl/N-ethyl adjacent to an activating group) is 1. The number of aliphatic hydroxyl groups excluding tert-OH is 2. The second kappa shape index (κ2) is 9.09. The van der Waals surface area contributed by atoms with Crippen molar-refractivity contribution < 1.29 is 34.8 Å². The highest BCUT2D eigenvalue weighted by Crippen LogP contribution is 2.53. The van der Waals surface area contributed by atoms with Crippen LogP contribution in [0.3, 0.4) is 0 Å². The van der Waals surface area contributed by atoms with E-state index in [0.29, 0.717) is 18.4 Å². The molecule has 10 nitrogen and oxygen atoms in total. The Balaban J connectivity index is 1.65. The monoisotopic (exact) mass is 539 g/mol. The van der Waals surface area contributed by atoms with Gasteiger partial charge in [0, 0.05) is 36.8 Å². The maximum absolute atomic E-state index is 13.9. The number of aromatic hydroxyl groups is 1. The molecule has 5 N–H and O–H groups in total. The van der Waals surface area contributed by atoms with Crippen LogP contribution in [-0.4, -0.2) is 88.2 Å². The van der Waals surface area contributed by atoms with Crippen LogP contribution in [0.1, 0.15) is 54.9 Å². The molecule has 1 saturated carbocycles. The van der Waals surface area contributed by atoms with Crippen molar-refractivity contribution in [2.24, 2.45) is 11.8 Å². The molecule has 10 heteroatoms. The Hall–Kier alpha value is -3.37. The quantitative estimate of drug-likeness (QED) is 0.363. The van der Waals surface area contributed by atoms with E-state index in [1.54, 1.807) is 25.1 Å². The second-order valence-electron chi connectivity index (χ2n) is 12.2. The first-order valence-electron chi connectivity index (χ1n) is 13.4. The van der Waals surface area contributed by atoms with E-state index in [-0.39, 0.29) is 29.7 Å². The summed E-state index contributed by atoms with van der Waals surface area (Å²) in [5.41, 5.74) is -2.51. The van der Waals surface area contributed by atoms with Gasteiger partial charge < -0.3 is 30.6 Å². The van der Waals surface area contributed by atoms with Crippen LogP contribution in [0.15, 0.2) is 34.8 Å². The number of aliphatic hydroxyl groups is 3. The molecule has 1 aromatic rings. The smallest absolute Gasteiger partial charge is 0.258 e. The fraction of sp³-hybridized carbons (Fsp3) is 0.552. The number of benzene rings is 1. The lowest BCUT2D eigenvalue weighted by molar-refractivity contribution is -0.149. The maximum Gasteiger partial charge on any atom is 0.258 e.